The summed E-state index contributed by atoms with van der Waals surface area (Å²) < 4.78 is 12.8. The summed E-state index contributed by atoms with van der Waals surface area (Å²) in [4.78, 5) is 19.1. The van der Waals surface area contributed by atoms with E-state index in [9.17, 15) is 4.79 Å². The molecule has 3 rings (SSSR count). The minimum absolute atomic E-state index is 0.00407. The first-order valence-corrected chi connectivity index (χ1v) is 7.44. The predicted octanol–water partition coefficient (Wildman–Crippen LogP) is 2.46. The Balaban J connectivity index is 1.88. The number of ether oxygens (including phenoxy) is 1. The van der Waals surface area contributed by atoms with Crippen molar-refractivity contribution in [3.63, 3.8) is 0 Å². The second-order valence-electron chi connectivity index (χ2n) is 5.69. The average molecular weight is 303 g/mol. The van der Waals surface area contributed by atoms with Gasteiger partial charge in [-0.2, -0.15) is 0 Å². The van der Waals surface area contributed by atoms with Crippen molar-refractivity contribution >= 4 is 5.91 Å². The molecule has 1 aliphatic rings. The smallest absolute Gasteiger partial charge is 0.258 e. The first kappa shape index (κ1) is 14.8. The van der Waals surface area contributed by atoms with Crippen molar-refractivity contribution in [2.24, 2.45) is 0 Å². The zero-order chi connectivity index (χ0) is 15.9. The maximum atomic E-state index is 12.8. The van der Waals surface area contributed by atoms with Gasteiger partial charge in [0.2, 0.25) is 0 Å². The van der Waals surface area contributed by atoms with E-state index in [1.165, 1.54) is 0 Å². The molecule has 0 unspecified atom stereocenters. The highest BCUT2D eigenvalue weighted by Crippen LogP contribution is 2.28. The van der Waals surface area contributed by atoms with Gasteiger partial charge in [0, 0.05) is 20.2 Å². The van der Waals surface area contributed by atoms with Crippen LogP contribution in [-0.4, -0.2) is 34.0 Å². The molecule has 0 spiro atoms. The number of hydrogen-bond donors (Lipinski definition) is 0. The normalized spacial score (nSPS) is 17.6. The maximum absolute atomic E-state index is 12.8. The second kappa shape index (κ2) is 5.61. The molecule has 0 N–H and O–H groups in total. The van der Waals surface area contributed by atoms with E-state index < -0.39 is 0 Å². The lowest BCUT2D eigenvalue weighted by molar-refractivity contribution is 0.0630. The number of imidazole rings is 1. The molecular weight excluding hydrogens is 282 g/mol. The van der Waals surface area contributed by atoms with Gasteiger partial charge in [0.05, 0.1) is 30.1 Å². The van der Waals surface area contributed by atoms with Crippen molar-refractivity contribution in [1.82, 2.24) is 14.5 Å². The molecule has 1 aliphatic heterocycles. The van der Waals surface area contributed by atoms with E-state index in [1.807, 2.05) is 37.9 Å². The molecule has 0 radical (unpaired) electrons. The number of nitrogens with zero attached hydrogens (tertiary/aromatic N) is 3. The van der Waals surface area contributed by atoms with Crippen molar-refractivity contribution in [2.75, 3.05) is 13.7 Å². The number of rotatable bonds is 3. The Morgan fingerprint density at radius 3 is 2.86 bits per heavy atom. The molecule has 0 fully saturated rings. The Morgan fingerprint density at radius 2 is 2.23 bits per heavy atom. The number of carbonyl (C=O) groups is 1. The van der Waals surface area contributed by atoms with E-state index in [4.69, 9.17) is 9.15 Å². The molecule has 2 aromatic rings. The monoisotopic (exact) mass is 303 g/mol. The van der Waals surface area contributed by atoms with Crippen LogP contribution in [0.5, 0.6) is 0 Å². The van der Waals surface area contributed by atoms with Crippen molar-refractivity contribution in [1.29, 1.82) is 0 Å². The summed E-state index contributed by atoms with van der Waals surface area (Å²) in [5.41, 5.74) is 1.69. The van der Waals surface area contributed by atoms with Gasteiger partial charge in [-0.15, -0.1) is 0 Å². The van der Waals surface area contributed by atoms with Gasteiger partial charge >= 0.3 is 0 Å². The first-order chi connectivity index (χ1) is 10.5. The fourth-order valence-corrected chi connectivity index (χ4v) is 3.10. The predicted molar refractivity (Wildman–Crippen MR) is 80.6 cm³/mol. The highest BCUT2D eigenvalue weighted by Gasteiger charge is 2.32. The van der Waals surface area contributed by atoms with Crippen LogP contribution in [0.2, 0.25) is 0 Å². The number of carbonyl (C=O) groups excluding carboxylic acids is 1. The lowest BCUT2D eigenvalue weighted by atomic mass is 10.1. The topological polar surface area (TPSA) is 60.5 Å². The molecule has 1 atom stereocenters. The van der Waals surface area contributed by atoms with Crippen LogP contribution in [0.25, 0.3) is 0 Å². The number of aryl methyl sites for hydroxylation is 2. The molecule has 0 bridgehead atoms. The zero-order valence-electron chi connectivity index (χ0n) is 13.4. The van der Waals surface area contributed by atoms with Gasteiger partial charge in [-0.1, -0.05) is 0 Å². The summed E-state index contributed by atoms with van der Waals surface area (Å²) in [5, 5.41) is 0. The first-order valence-electron chi connectivity index (χ1n) is 7.44. The van der Waals surface area contributed by atoms with Gasteiger partial charge in [-0.05, 0) is 26.8 Å². The quantitative estimate of drug-likeness (QED) is 0.874. The molecule has 22 heavy (non-hydrogen) atoms. The van der Waals surface area contributed by atoms with Crippen molar-refractivity contribution in [3.8, 4) is 0 Å². The minimum atomic E-state index is -0.0681. The highest BCUT2D eigenvalue weighted by molar-refractivity contribution is 5.95. The minimum Gasteiger partial charge on any atom is -0.466 e. The van der Waals surface area contributed by atoms with E-state index in [2.05, 4.69) is 9.55 Å². The van der Waals surface area contributed by atoms with Gasteiger partial charge in [0.15, 0.2) is 0 Å². The highest BCUT2D eigenvalue weighted by atomic mass is 16.5. The maximum Gasteiger partial charge on any atom is 0.258 e. The third-order valence-corrected chi connectivity index (χ3v) is 4.20. The summed E-state index contributed by atoms with van der Waals surface area (Å²) >= 11 is 0. The molecule has 3 heterocycles. The fraction of sp³-hybridized carbons (Fsp3) is 0.500. The largest absolute Gasteiger partial charge is 0.466 e. The molecule has 118 valence electrons. The number of fused-ring (bicyclic) bond motifs is 1. The van der Waals surface area contributed by atoms with Crippen LogP contribution in [0, 0.1) is 13.8 Å². The SMILES string of the molecule is COCc1cnc2n1CCN(C(=O)c1cc(C)oc1C)[C@@H]2C. The van der Waals surface area contributed by atoms with E-state index in [1.54, 1.807) is 7.11 Å². The molecule has 6 nitrogen and oxygen atoms in total. The molecule has 0 aromatic carbocycles. The molecule has 6 heteroatoms. The van der Waals surface area contributed by atoms with Gasteiger partial charge in [0.25, 0.3) is 5.91 Å². The third-order valence-electron chi connectivity index (χ3n) is 4.20. The number of furan rings is 1. The summed E-state index contributed by atoms with van der Waals surface area (Å²) in [6, 6.07) is 1.74. The van der Waals surface area contributed by atoms with Gasteiger partial charge in [0.1, 0.15) is 17.3 Å². The Labute approximate surface area is 129 Å². The van der Waals surface area contributed by atoms with Crippen molar-refractivity contribution < 1.29 is 13.9 Å². The molecule has 1 amide bonds. The molecular formula is C16H21N3O3. The Bertz CT molecular complexity index is 702. The van der Waals surface area contributed by atoms with Crippen LogP contribution >= 0.6 is 0 Å². The Kier molecular flexibility index (Phi) is 3.78. The number of amides is 1. The van der Waals surface area contributed by atoms with Crippen LogP contribution in [0.4, 0.5) is 0 Å². The van der Waals surface area contributed by atoms with Crippen LogP contribution in [0.3, 0.4) is 0 Å². The standard InChI is InChI=1S/C16H21N3O3/c1-10-7-14(12(3)22-10)16(20)18-5-6-19-13(9-21-4)8-17-15(19)11(18)2/h7-8,11H,5-6,9H2,1-4H3/t11-/m1/s1. The molecule has 2 aromatic heterocycles. The second-order valence-corrected chi connectivity index (χ2v) is 5.69. The number of methoxy groups -OCH3 is 1. The molecule has 0 saturated heterocycles. The lowest BCUT2D eigenvalue weighted by Crippen LogP contribution is -2.41. The number of hydrogen-bond acceptors (Lipinski definition) is 4. The van der Waals surface area contributed by atoms with E-state index >= 15 is 0 Å². The van der Waals surface area contributed by atoms with Gasteiger partial charge in [-0.25, -0.2) is 4.98 Å². The lowest BCUT2D eigenvalue weighted by Gasteiger charge is -2.34. The van der Waals surface area contributed by atoms with E-state index in [0.29, 0.717) is 24.5 Å². The third kappa shape index (κ3) is 2.33. The van der Waals surface area contributed by atoms with Crippen LogP contribution < -0.4 is 0 Å². The summed E-state index contributed by atoms with van der Waals surface area (Å²) in [6.07, 6.45) is 1.83. The number of aromatic nitrogens is 2. The van der Waals surface area contributed by atoms with Gasteiger partial charge < -0.3 is 18.6 Å². The summed E-state index contributed by atoms with van der Waals surface area (Å²) in [7, 11) is 1.67. The summed E-state index contributed by atoms with van der Waals surface area (Å²) in [6.45, 7) is 7.62. The average Bonchev–Trinajstić information content (AvgIpc) is 3.03. The van der Waals surface area contributed by atoms with E-state index in [-0.39, 0.29) is 11.9 Å². The Morgan fingerprint density at radius 1 is 1.45 bits per heavy atom. The summed E-state index contributed by atoms with van der Waals surface area (Å²) in [5.74, 6) is 2.34. The van der Waals surface area contributed by atoms with Gasteiger partial charge in [-0.3, -0.25) is 4.79 Å². The fourth-order valence-electron chi connectivity index (χ4n) is 3.10. The molecule has 0 saturated carbocycles. The van der Waals surface area contributed by atoms with E-state index in [0.717, 1.165) is 23.8 Å². The zero-order valence-corrected chi connectivity index (χ0v) is 13.4. The van der Waals surface area contributed by atoms with Crippen LogP contribution in [0.1, 0.15) is 46.4 Å². The van der Waals surface area contributed by atoms with Crippen LogP contribution in [-0.2, 0) is 17.9 Å². The van der Waals surface area contributed by atoms with Crippen molar-refractivity contribution in [3.05, 3.63) is 40.9 Å². The van der Waals surface area contributed by atoms with Crippen molar-refractivity contribution in [2.45, 2.75) is 40.0 Å². The Hall–Kier alpha value is -2.08. The van der Waals surface area contributed by atoms with Crippen LogP contribution in [0.15, 0.2) is 16.7 Å². The molecule has 0 aliphatic carbocycles.